The molecular formula is C21H20ClN5O5S2. The molecule has 1 aliphatic heterocycles. The normalized spacial score (nSPS) is 17.8. The second-order valence-corrected chi connectivity index (χ2v) is 10.7. The molecule has 34 heavy (non-hydrogen) atoms. The van der Waals surface area contributed by atoms with Crippen molar-refractivity contribution in [2.24, 2.45) is 14.1 Å². The molecule has 0 fully saturated rings. The highest BCUT2D eigenvalue weighted by Crippen LogP contribution is 2.49. The second kappa shape index (κ2) is 8.36. The first kappa shape index (κ1) is 22.8. The first-order valence-electron chi connectivity index (χ1n) is 10.3. The SMILES string of the molecule is Cc1csc(-c2c3c(=O)n(C)c(=O)n(C)c3c3n2C[C@H](CNC(=O)O)S[C@H]3c2ccc(Cl)o2)n1. The maximum Gasteiger partial charge on any atom is 0.404 e. The molecule has 4 aromatic heterocycles. The van der Waals surface area contributed by atoms with Gasteiger partial charge in [0.25, 0.3) is 5.56 Å². The molecular weight excluding hydrogens is 502 g/mol. The summed E-state index contributed by atoms with van der Waals surface area (Å²) < 4.78 is 10.3. The maximum atomic E-state index is 13.4. The second-order valence-electron chi connectivity index (χ2n) is 8.03. The number of hydrogen-bond acceptors (Lipinski definition) is 7. The summed E-state index contributed by atoms with van der Waals surface area (Å²) in [6.45, 7) is 2.47. The molecule has 0 bridgehead atoms. The number of thiazole rings is 1. The minimum atomic E-state index is -1.12. The molecule has 5 heterocycles. The Balaban J connectivity index is 1.87. The van der Waals surface area contributed by atoms with Crippen LogP contribution in [0.15, 0.2) is 31.5 Å². The van der Waals surface area contributed by atoms with Gasteiger partial charge >= 0.3 is 11.8 Å². The minimum absolute atomic E-state index is 0.181. The van der Waals surface area contributed by atoms with Gasteiger partial charge in [-0.25, -0.2) is 14.6 Å². The van der Waals surface area contributed by atoms with E-state index in [1.54, 1.807) is 19.2 Å². The average Bonchev–Trinajstić information content (AvgIpc) is 3.50. The van der Waals surface area contributed by atoms with Crippen molar-refractivity contribution in [3.63, 3.8) is 0 Å². The zero-order chi connectivity index (χ0) is 24.3. The molecule has 5 rings (SSSR count). The van der Waals surface area contributed by atoms with E-state index in [2.05, 4.69) is 10.3 Å². The van der Waals surface area contributed by atoms with Gasteiger partial charge in [0.2, 0.25) is 0 Å². The molecule has 1 aliphatic rings. The van der Waals surface area contributed by atoms with Crippen LogP contribution in [-0.2, 0) is 20.6 Å². The molecule has 0 saturated heterocycles. The molecule has 178 valence electrons. The molecule has 2 atom stereocenters. The van der Waals surface area contributed by atoms with Crippen molar-refractivity contribution >= 4 is 51.7 Å². The van der Waals surface area contributed by atoms with Gasteiger partial charge in [0.05, 0.1) is 22.3 Å². The Morgan fingerprint density at radius 3 is 2.71 bits per heavy atom. The topological polar surface area (TPSA) is 124 Å². The highest BCUT2D eigenvalue weighted by molar-refractivity contribution is 8.00. The van der Waals surface area contributed by atoms with Crippen LogP contribution in [0, 0.1) is 6.92 Å². The van der Waals surface area contributed by atoms with Crippen LogP contribution in [0.25, 0.3) is 21.6 Å². The van der Waals surface area contributed by atoms with Gasteiger partial charge in [0, 0.05) is 43.5 Å². The lowest BCUT2D eigenvalue weighted by Crippen LogP contribution is -2.37. The Hall–Kier alpha value is -2.96. The lowest BCUT2D eigenvalue weighted by atomic mass is 10.2. The molecule has 0 saturated carbocycles. The number of nitrogens with one attached hydrogen (secondary N) is 1. The van der Waals surface area contributed by atoms with Crippen molar-refractivity contribution in [3.8, 4) is 10.7 Å². The molecule has 13 heteroatoms. The van der Waals surface area contributed by atoms with Crippen LogP contribution in [0.1, 0.15) is 22.4 Å². The molecule has 0 radical (unpaired) electrons. The summed E-state index contributed by atoms with van der Waals surface area (Å²) in [5, 5.41) is 14.2. The van der Waals surface area contributed by atoms with Crippen molar-refractivity contribution in [2.45, 2.75) is 24.0 Å². The molecule has 4 aromatic rings. The van der Waals surface area contributed by atoms with Crippen molar-refractivity contribution in [1.82, 2.24) is 24.0 Å². The van der Waals surface area contributed by atoms with E-state index in [9.17, 15) is 14.4 Å². The van der Waals surface area contributed by atoms with Crippen LogP contribution in [-0.4, -0.2) is 41.7 Å². The lowest BCUT2D eigenvalue weighted by Gasteiger charge is -2.31. The third kappa shape index (κ3) is 3.56. The summed E-state index contributed by atoms with van der Waals surface area (Å²) in [4.78, 5) is 42.2. The Labute approximate surface area is 205 Å². The van der Waals surface area contributed by atoms with Gasteiger partial charge in [-0.3, -0.25) is 13.9 Å². The summed E-state index contributed by atoms with van der Waals surface area (Å²) >= 11 is 8.99. The standard InChI is InChI=1S/C21H20ClN5O5S2/c1-9-8-33-18(24-9)15-13-14(25(2)21(31)26(3)19(13)28)16-17(11-4-5-12(22)32-11)34-10(7-27(15)16)6-23-20(29)30/h4-5,8,10,17,23H,6-7H2,1-3H3,(H,29,30)/t10-,17-/m0/s1. The monoisotopic (exact) mass is 521 g/mol. The zero-order valence-corrected chi connectivity index (χ0v) is 20.8. The lowest BCUT2D eigenvalue weighted by molar-refractivity contribution is 0.194. The smallest absolute Gasteiger partial charge is 0.404 e. The highest BCUT2D eigenvalue weighted by atomic mass is 35.5. The average molecular weight is 522 g/mol. The molecule has 0 aromatic carbocycles. The number of hydrogen-bond donors (Lipinski definition) is 2. The van der Waals surface area contributed by atoms with Gasteiger partial charge in [-0.2, -0.15) is 0 Å². The van der Waals surface area contributed by atoms with Crippen LogP contribution >= 0.6 is 34.7 Å². The fourth-order valence-electron chi connectivity index (χ4n) is 4.37. The van der Waals surface area contributed by atoms with Crippen LogP contribution < -0.4 is 16.6 Å². The predicted octanol–water partition coefficient (Wildman–Crippen LogP) is 3.19. The van der Waals surface area contributed by atoms with E-state index in [0.717, 1.165) is 16.0 Å². The number of rotatable bonds is 4. The Morgan fingerprint density at radius 2 is 2.09 bits per heavy atom. The van der Waals surface area contributed by atoms with Crippen LogP contribution in [0.4, 0.5) is 4.79 Å². The quantitative estimate of drug-likeness (QED) is 0.422. The number of carbonyl (C=O) groups is 1. The van der Waals surface area contributed by atoms with Gasteiger partial charge < -0.3 is 19.4 Å². The number of furan rings is 1. The Bertz CT molecular complexity index is 1560. The number of carboxylic acid groups (broad SMARTS) is 1. The van der Waals surface area contributed by atoms with Crippen LogP contribution in [0.5, 0.6) is 0 Å². The number of thioether (sulfide) groups is 1. The summed E-state index contributed by atoms with van der Waals surface area (Å²) in [6.07, 6.45) is -1.12. The summed E-state index contributed by atoms with van der Waals surface area (Å²) in [7, 11) is 3.09. The summed E-state index contributed by atoms with van der Waals surface area (Å²) in [5.41, 5.74) is 1.80. The highest BCUT2D eigenvalue weighted by Gasteiger charge is 2.38. The largest absolute Gasteiger partial charge is 0.465 e. The minimum Gasteiger partial charge on any atom is -0.465 e. The van der Waals surface area contributed by atoms with Crippen molar-refractivity contribution in [1.29, 1.82) is 0 Å². The van der Waals surface area contributed by atoms with Gasteiger partial charge in [-0.15, -0.1) is 23.1 Å². The Kier molecular flexibility index (Phi) is 5.61. The molecule has 10 nitrogen and oxygen atoms in total. The number of aryl methyl sites for hydroxylation is 2. The van der Waals surface area contributed by atoms with E-state index in [1.165, 1.54) is 34.7 Å². The van der Waals surface area contributed by atoms with Crippen molar-refractivity contribution in [3.05, 3.63) is 60.7 Å². The van der Waals surface area contributed by atoms with E-state index in [0.29, 0.717) is 33.9 Å². The fourth-order valence-corrected chi connectivity index (χ4v) is 6.81. The predicted molar refractivity (Wildman–Crippen MR) is 131 cm³/mol. The number of aromatic nitrogens is 4. The van der Waals surface area contributed by atoms with Gasteiger partial charge in [-0.05, 0) is 30.7 Å². The van der Waals surface area contributed by atoms with Gasteiger partial charge in [0.1, 0.15) is 16.0 Å². The van der Waals surface area contributed by atoms with E-state index in [1.807, 2.05) is 16.9 Å². The van der Waals surface area contributed by atoms with Gasteiger partial charge in [-0.1, -0.05) is 0 Å². The van der Waals surface area contributed by atoms with E-state index in [-0.39, 0.29) is 17.0 Å². The molecule has 0 spiro atoms. The van der Waals surface area contributed by atoms with Crippen LogP contribution in [0.3, 0.4) is 0 Å². The molecule has 0 aliphatic carbocycles. The third-order valence-electron chi connectivity index (χ3n) is 5.82. The van der Waals surface area contributed by atoms with Gasteiger partial charge in [0.15, 0.2) is 5.22 Å². The first-order chi connectivity index (χ1) is 16.2. The van der Waals surface area contributed by atoms with Crippen molar-refractivity contribution in [2.75, 3.05) is 6.54 Å². The summed E-state index contributed by atoms with van der Waals surface area (Å²) in [6, 6.07) is 3.39. The number of fused-ring (bicyclic) bond motifs is 3. The van der Waals surface area contributed by atoms with E-state index >= 15 is 0 Å². The number of nitrogens with zero attached hydrogens (tertiary/aromatic N) is 4. The first-order valence-corrected chi connectivity index (χ1v) is 12.5. The molecule has 0 unspecified atom stereocenters. The fraction of sp³-hybridized carbons (Fsp3) is 0.333. The third-order valence-corrected chi connectivity index (χ3v) is 8.42. The van der Waals surface area contributed by atoms with E-state index in [4.69, 9.17) is 21.1 Å². The molecule has 2 N–H and O–H groups in total. The maximum absolute atomic E-state index is 13.4. The number of halogens is 1. The van der Waals surface area contributed by atoms with E-state index < -0.39 is 22.6 Å². The zero-order valence-electron chi connectivity index (χ0n) is 18.4. The Morgan fingerprint density at radius 1 is 1.32 bits per heavy atom. The van der Waals surface area contributed by atoms with Crippen LogP contribution in [0.2, 0.25) is 5.22 Å². The molecule has 1 amide bonds. The summed E-state index contributed by atoms with van der Waals surface area (Å²) in [5.74, 6) is 0.547. The number of amides is 1. The van der Waals surface area contributed by atoms with Crippen molar-refractivity contribution < 1.29 is 14.3 Å².